The molecule has 2 heterocycles. The minimum absolute atomic E-state index is 0.101. The molecular weight excluding hydrogens is 396 g/mol. The average Bonchev–Trinajstić information content (AvgIpc) is 2.77. The lowest BCUT2D eigenvalue weighted by Gasteiger charge is -2.30. The Balaban J connectivity index is 1.37. The zero-order valence-electron chi connectivity index (χ0n) is 17.0. The fraction of sp³-hybridized carbons (Fsp3) is 0.292. The van der Waals surface area contributed by atoms with Crippen molar-refractivity contribution < 1.29 is 4.79 Å². The first-order valence-corrected chi connectivity index (χ1v) is 10.7. The molecule has 154 valence electrons. The van der Waals surface area contributed by atoms with Crippen molar-refractivity contribution in [3.05, 3.63) is 71.2 Å². The minimum atomic E-state index is -0.101. The summed E-state index contributed by atoms with van der Waals surface area (Å²) in [5, 5.41) is 12.3. The van der Waals surface area contributed by atoms with Crippen molar-refractivity contribution in [1.29, 1.82) is 0 Å². The van der Waals surface area contributed by atoms with Crippen LogP contribution in [0.15, 0.2) is 60.7 Å². The highest BCUT2D eigenvalue weighted by molar-refractivity contribution is 6.31. The number of piperidine rings is 1. The lowest BCUT2D eigenvalue weighted by atomic mass is 9.99. The van der Waals surface area contributed by atoms with Gasteiger partial charge in [-0.2, -0.15) is 0 Å². The highest BCUT2D eigenvalue weighted by atomic mass is 35.5. The maximum Gasteiger partial charge on any atom is 0.228 e. The van der Waals surface area contributed by atoms with Crippen LogP contribution in [-0.2, 0) is 11.2 Å². The standard InChI is InChI=1S/C24H25ClN4O/c1-17-12-14-29(15-13-17)23-11-10-22(27-28-23)18-6-8-20(9-7-18)26-24(30)16-19-4-2-3-5-21(19)25/h2-11,17H,12-16H2,1H3,(H,26,30). The Labute approximate surface area is 182 Å². The summed E-state index contributed by atoms with van der Waals surface area (Å²) in [5.41, 5.74) is 3.33. The number of carbonyl (C=O) groups is 1. The summed E-state index contributed by atoms with van der Waals surface area (Å²) in [6, 6.07) is 19.1. The molecule has 1 N–H and O–H groups in total. The highest BCUT2D eigenvalue weighted by Gasteiger charge is 2.17. The first-order valence-electron chi connectivity index (χ1n) is 10.3. The van der Waals surface area contributed by atoms with Gasteiger partial charge in [0.05, 0.1) is 12.1 Å². The van der Waals surface area contributed by atoms with E-state index < -0.39 is 0 Å². The van der Waals surface area contributed by atoms with Crippen LogP contribution in [-0.4, -0.2) is 29.2 Å². The van der Waals surface area contributed by atoms with E-state index in [1.165, 1.54) is 12.8 Å². The lowest BCUT2D eigenvalue weighted by molar-refractivity contribution is -0.115. The van der Waals surface area contributed by atoms with Gasteiger partial charge < -0.3 is 10.2 Å². The maximum atomic E-state index is 12.3. The fourth-order valence-electron chi connectivity index (χ4n) is 3.63. The Morgan fingerprint density at radius 1 is 1.03 bits per heavy atom. The van der Waals surface area contributed by atoms with E-state index in [4.69, 9.17) is 11.6 Å². The smallest absolute Gasteiger partial charge is 0.228 e. The number of hydrogen-bond acceptors (Lipinski definition) is 4. The molecule has 0 atom stereocenters. The molecule has 1 aliphatic rings. The molecular formula is C24H25ClN4O. The molecule has 2 aromatic carbocycles. The van der Waals surface area contributed by atoms with Gasteiger partial charge in [-0.1, -0.05) is 48.9 Å². The Kier molecular flexibility index (Phi) is 6.29. The highest BCUT2D eigenvalue weighted by Crippen LogP contribution is 2.24. The first-order chi connectivity index (χ1) is 14.6. The van der Waals surface area contributed by atoms with Crippen LogP contribution in [0, 0.1) is 5.92 Å². The monoisotopic (exact) mass is 420 g/mol. The summed E-state index contributed by atoms with van der Waals surface area (Å²) < 4.78 is 0. The third-order valence-corrected chi connectivity index (χ3v) is 5.90. The van der Waals surface area contributed by atoms with E-state index in [2.05, 4.69) is 27.3 Å². The Morgan fingerprint density at radius 3 is 2.43 bits per heavy atom. The molecule has 1 aromatic heterocycles. The van der Waals surface area contributed by atoms with Crippen LogP contribution in [0.2, 0.25) is 5.02 Å². The third-order valence-electron chi connectivity index (χ3n) is 5.53. The van der Waals surface area contributed by atoms with Crippen molar-refractivity contribution in [2.24, 2.45) is 5.92 Å². The normalized spacial score (nSPS) is 14.5. The third kappa shape index (κ3) is 4.97. The number of benzene rings is 2. The molecule has 0 saturated carbocycles. The van der Waals surface area contributed by atoms with Crippen LogP contribution in [0.4, 0.5) is 11.5 Å². The molecule has 0 unspecified atom stereocenters. The number of amides is 1. The molecule has 0 bridgehead atoms. The van der Waals surface area contributed by atoms with Gasteiger partial charge in [0.2, 0.25) is 5.91 Å². The van der Waals surface area contributed by atoms with Gasteiger partial charge in [-0.25, -0.2) is 0 Å². The van der Waals surface area contributed by atoms with Crippen LogP contribution < -0.4 is 10.2 Å². The minimum Gasteiger partial charge on any atom is -0.355 e. The predicted octanol–water partition coefficient (Wildman–Crippen LogP) is 5.21. The van der Waals surface area contributed by atoms with E-state index in [0.717, 1.165) is 47.3 Å². The van der Waals surface area contributed by atoms with Crippen LogP contribution in [0.25, 0.3) is 11.3 Å². The lowest BCUT2D eigenvalue weighted by Crippen LogP contribution is -2.33. The van der Waals surface area contributed by atoms with E-state index in [9.17, 15) is 4.79 Å². The Bertz CT molecular complexity index is 996. The molecule has 0 spiro atoms. The number of carbonyl (C=O) groups excluding carboxylic acids is 1. The van der Waals surface area contributed by atoms with Crippen molar-refractivity contribution in [3.63, 3.8) is 0 Å². The zero-order valence-corrected chi connectivity index (χ0v) is 17.8. The summed E-state index contributed by atoms with van der Waals surface area (Å²) in [4.78, 5) is 14.6. The molecule has 1 saturated heterocycles. The molecule has 1 fully saturated rings. The van der Waals surface area contributed by atoms with Crippen LogP contribution in [0.5, 0.6) is 0 Å². The summed E-state index contributed by atoms with van der Waals surface area (Å²) in [5.74, 6) is 1.63. The quantitative estimate of drug-likeness (QED) is 0.615. The number of nitrogens with zero attached hydrogens (tertiary/aromatic N) is 3. The van der Waals surface area contributed by atoms with Crippen LogP contribution >= 0.6 is 11.6 Å². The largest absolute Gasteiger partial charge is 0.355 e. The van der Waals surface area contributed by atoms with Crippen LogP contribution in [0.1, 0.15) is 25.3 Å². The van der Waals surface area contributed by atoms with Gasteiger partial charge in [-0.15, -0.1) is 10.2 Å². The summed E-state index contributed by atoms with van der Waals surface area (Å²) in [6.45, 7) is 4.38. The topological polar surface area (TPSA) is 58.1 Å². The molecule has 1 amide bonds. The van der Waals surface area contributed by atoms with Crippen molar-refractivity contribution >= 4 is 29.0 Å². The molecule has 3 aromatic rings. The number of nitrogens with one attached hydrogen (secondary N) is 1. The van der Waals surface area contributed by atoms with Gasteiger partial charge in [-0.05, 0) is 54.7 Å². The number of halogens is 1. The van der Waals surface area contributed by atoms with Gasteiger partial charge in [0.15, 0.2) is 5.82 Å². The second-order valence-corrected chi connectivity index (χ2v) is 8.25. The van der Waals surface area contributed by atoms with Crippen molar-refractivity contribution in [1.82, 2.24) is 10.2 Å². The molecule has 6 heteroatoms. The fourth-order valence-corrected chi connectivity index (χ4v) is 3.83. The molecule has 4 rings (SSSR count). The maximum absolute atomic E-state index is 12.3. The predicted molar refractivity (Wildman–Crippen MR) is 122 cm³/mol. The van der Waals surface area contributed by atoms with Gasteiger partial charge in [0.1, 0.15) is 0 Å². The van der Waals surface area contributed by atoms with Gasteiger partial charge in [0, 0.05) is 29.4 Å². The molecule has 0 aliphatic carbocycles. The molecule has 0 radical (unpaired) electrons. The number of aromatic nitrogens is 2. The van der Waals surface area contributed by atoms with E-state index in [1.807, 2.05) is 54.6 Å². The van der Waals surface area contributed by atoms with Crippen molar-refractivity contribution in [3.8, 4) is 11.3 Å². The zero-order chi connectivity index (χ0) is 20.9. The summed E-state index contributed by atoms with van der Waals surface area (Å²) in [6.07, 6.45) is 2.64. The van der Waals surface area contributed by atoms with Gasteiger partial charge >= 0.3 is 0 Å². The first kappa shape index (κ1) is 20.4. The second kappa shape index (κ2) is 9.26. The second-order valence-electron chi connectivity index (χ2n) is 7.84. The van der Waals surface area contributed by atoms with Gasteiger partial charge in [0.25, 0.3) is 0 Å². The molecule has 30 heavy (non-hydrogen) atoms. The molecule has 1 aliphatic heterocycles. The molecule has 5 nitrogen and oxygen atoms in total. The average molecular weight is 421 g/mol. The van der Waals surface area contributed by atoms with Crippen molar-refractivity contribution in [2.75, 3.05) is 23.3 Å². The van der Waals surface area contributed by atoms with E-state index in [0.29, 0.717) is 5.02 Å². The number of rotatable bonds is 5. The SMILES string of the molecule is CC1CCN(c2ccc(-c3ccc(NC(=O)Cc4ccccc4Cl)cc3)nn2)CC1. The van der Waals surface area contributed by atoms with Crippen LogP contribution in [0.3, 0.4) is 0 Å². The number of anilines is 2. The Hall–Kier alpha value is -2.92. The van der Waals surface area contributed by atoms with E-state index in [-0.39, 0.29) is 12.3 Å². The van der Waals surface area contributed by atoms with E-state index >= 15 is 0 Å². The number of hydrogen-bond donors (Lipinski definition) is 1. The van der Waals surface area contributed by atoms with E-state index in [1.54, 1.807) is 6.07 Å². The Morgan fingerprint density at radius 2 is 1.77 bits per heavy atom. The summed E-state index contributed by atoms with van der Waals surface area (Å²) >= 11 is 6.13. The van der Waals surface area contributed by atoms with Crippen molar-refractivity contribution in [2.45, 2.75) is 26.2 Å². The van der Waals surface area contributed by atoms with Gasteiger partial charge in [-0.3, -0.25) is 4.79 Å². The summed E-state index contributed by atoms with van der Waals surface area (Å²) in [7, 11) is 0.